The van der Waals surface area contributed by atoms with Crippen molar-refractivity contribution < 1.29 is 14.3 Å². The molecular weight excluding hydrogens is 173 g/mol. The van der Waals surface area contributed by atoms with Crippen LogP contribution in [-0.2, 0) is 0 Å². The van der Waals surface area contributed by atoms with Gasteiger partial charge in [-0.05, 0) is 37.1 Å². The first-order chi connectivity index (χ1) is 6.00. The molecule has 1 aromatic rings. The summed E-state index contributed by atoms with van der Waals surface area (Å²) in [4.78, 5) is 10.3. The smallest absolute Gasteiger partial charge is 0.409 e. The van der Waals surface area contributed by atoms with Gasteiger partial charge in [-0.2, -0.15) is 0 Å². The molecule has 1 amide bonds. The number of anilines is 1. The third kappa shape index (κ3) is 2.18. The van der Waals surface area contributed by atoms with Crippen molar-refractivity contribution in [1.82, 2.24) is 0 Å². The van der Waals surface area contributed by atoms with Crippen LogP contribution in [0.1, 0.15) is 11.1 Å². The Kier molecular flexibility index (Phi) is 2.51. The summed E-state index contributed by atoms with van der Waals surface area (Å²) in [5.74, 6) is -0.295. The fourth-order valence-electron chi connectivity index (χ4n) is 1.14. The predicted molar refractivity (Wildman–Crippen MR) is 47.5 cm³/mol. The number of carboxylic acid groups (broad SMARTS) is 1. The van der Waals surface area contributed by atoms with Crippen LogP contribution in [0.15, 0.2) is 12.1 Å². The zero-order valence-electron chi connectivity index (χ0n) is 7.39. The molecule has 0 atom stereocenters. The van der Waals surface area contributed by atoms with Gasteiger partial charge in [0.05, 0.1) is 0 Å². The monoisotopic (exact) mass is 183 g/mol. The number of amides is 1. The lowest BCUT2D eigenvalue weighted by atomic mass is 10.1. The number of aryl methyl sites for hydroxylation is 2. The van der Waals surface area contributed by atoms with E-state index in [0.29, 0.717) is 16.8 Å². The van der Waals surface area contributed by atoms with Crippen molar-refractivity contribution >= 4 is 11.8 Å². The van der Waals surface area contributed by atoms with E-state index in [2.05, 4.69) is 5.32 Å². The number of carbonyl (C=O) groups is 1. The van der Waals surface area contributed by atoms with Crippen LogP contribution in [0, 0.1) is 19.7 Å². The molecule has 0 saturated heterocycles. The molecule has 1 aromatic carbocycles. The Balaban J connectivity index is 3.06. The van der Waals surface area contributed by atoms with Crippen LogP contribution in [0.3, 0.4) is 0 Å². The molecule has 1 rings (SSSR count). The fourth-order valence-corrected chi connectivity index (χ4v) is 1.14. The largest absolute Gasteiger partial charge is 0.465 e. The Labute approximate surface area is 75.2 Å². The van der Waals surface area contributed by atoms with Crippen LogP contribution in [0.25, 0.3) is 0 Å². The normalized spacial score (nSPS) is 9.77. The molecule has 0 aliphatic rings. The highest BCUT2D eigenvalue weighted by atomic mass is 19.1. The van der Waals surface area contributed by atoms with Crippen LogP contribution in [0.4, 0.5) is 14.9 Å². The zero-order chi connectivity index (χ0) is 10.0. The average molecular weight is 183 g/mol. The molecule has 13 heavy (non-hydrogen) atoms. The highest BCUT2D eigenvalue weighted by Crippen LogP contribution is 2.18. The first-order valence-electron chi connectivity index (χ1n) is 3.77. The van der Waals surface area contributed by atoms with Crippen LogP contribution in [-0.4, -0.2) is 11.2 Å². The Hall–Kier alpha value is -1.58. The molecule has 0 bridgehead atoms. The molecule has 0 aromatic heterocycles. The van der Waals surface area contributed by atoms with E-state index in [1.54, 1.807) is 13.8 Å². The molecule has 0 radical (unpaired) electrons. The minimum atomic E-state index is -1.15. The molecule has 2 N–H and O–H groups in total. The van der Waals surface area contributed by atoms with E-state index < -0.39 is 6.09 Å². The molecule has 0 heterocycles. The first-order valence-corrected chi connectivity index (χ1v) is 3.77. The van der Waals surface area contributed by atoms with E-state index in [1.807, 2.05) is 0 Å². The summed E-state index contributed by atoms with van der Waals surface area (Å²) in [6.07, 6.45) is -1.15. The topological polar surface area (TPSA) is 49.3 Å². The van der Waals surface area contributed by atoms with Crippen molar-refractivity contribution in [2.24, 2.45) is 0 Å². The quantitative estimate of drug-likeness (QED) is 0.702. The van der Waals surface area contributed by atoms with Gasteiger partial charge in [-0.15, -0.1) is 0 Å². The van der Waals surface area contributed by atoms with Gasteiger partial charge in [0.1, 0.15) is 5.82 Å². The Morgan fingerprint density at radius 1 is 1.38 bits per heavy atom. The number of halogens is 1. The lowest BCUT2D eigenvalue weighted by Gasteiger charge is -2.05. The van der Waals surface area contributed by atoms with Crippen LogP contribution in [0.2, 0.25) is 0 Å². The molecule has 0 spiro atoms. The van der Waals surface area contributed by atoms with Gasteiger partial charge in [-0.1, -0.05) is 0 Å². The van der Waals surface area contributed by atoms with Crippen molar-refractivity contribution in [2.75, 3.05) is 5.32 Å². The van der Waals surface area contributed by atoms with Gasteiger partial charge < -0.3 is 5.11 Å². The van der Waals surface area contributed by atoms with E-state index in [4.69, 9.17) is 5.11 Å². The summed E-state index contributed by atoms with van der Waals surface area (Å²) in [6.45, 7) is 3.19. The van der Waals surface area contributed by atoms with Crippen molar-refractivity contribution in [3.8, 4) is 0 Å². The number of hydrogen-bond donors (Lipinski definition) is 2. The second-order valence-corrected chi connectivity index (χ2v) is 2.85. The van der Waals surface area contributed by atoms with E-state index >= 15 is 0 Å². The maximum atomic E-state index is 13.1. The average Bonchev–Trinajstić information content (AvgIpc) is 1.98. The number of hydrogen-bond acceptors (Lipinski definition) is 1. The summed E-state index contributed by atoms with van der Waals surface area (Å²) < 4.78 is 13.1. The Morgan fingerprint density at radius 2 is 1.85 bits per heavy atom. The van der Waals surface area contributed by atoms with Gasteiger partial charge in [-0.25, -0.2) is 9.18 Å². The maximum absolute atomic E-state index is 13.1. The molecule has 3 nitrogen and oxygen atoms in total. The Morgan fingerprint density at radius 3 is 2.23 bits per heavy atom. The van der Waals surface area contributed by atoms with Gasteiger partial charge in [0.25, 0.3) is 0 Å². The molecule has 0 fully saturated rings. The highest BCUT2D eigenvalue weighted by Gasteiger charge is 2.05. The molecule has 0 aliphatic heterocycles. The van der Waals surface area contributed by atoms with Crippen molar-refractivity contribution in [3.63, 3.8) is 0 Å². The second-order valence-electron chi connectivity index (χ2n) is 2.85. The van der Waals surface area contributed by atoms with Gasteiger partial charge >= 0.3 is 6.09 Å². The summed E-state index contributed by atoms with van der Waals surface area (Å²) in [5.41, 5.74) is 1.26. The lowest BCUT2D eigenvalue weighted by Crippen LogP contribution is -2.08. The third-order valence-electron chi connectivity index (χ3n) is 1.69. The van der Waals surface area contributed by atoms with Crippen molar-refractivity contribution in [3.05, 3.63) is 29.1 Å². The molecule has 0 aliphatic carbocycles. The van der Waals surface area contributed by atoms with E-state index in [9.17, 15) is 9.18 Å². The number of rotatable bonds is 1. The summed E-state index contributed by atoms with van der Waals surface area (Å²) in [7, 11) is 0. The van der Waals surface area contributed by atoms with Gasteiger partial charge in [-0.3, -0.25) is 5.32 Å². The first kappa shape index (κ1) is 9.51. The van der Waals surface area contributed by atoms with Crippen LogP contribution in [0.5, 0.6) is 0 Å². The minimum Gasteiger partial charge on any atom is -0.465 e. The zero-order valence-corrected chi connectivity index (χ0v) is 7.39. The van der Waals surface area contributed by atoms with Gasteiger partial charge in [0.2, 0.25) is 0 Å². The number of benzene rings is 1. The van der Waals surface area contributed by atoms with Gasteiger partial charge in [0, 0.05) is 5.69 Å². The van der Waals surface area contributed by atoms with Gasteiger partial charge in [0.15, 0.2) is 0 Å². The SMILES string of the molecule is Cc1cc(NC(=O)O)cc(C)c1F. The molecule has 70 valence electrons. The standard InChI is InChI=1S/C9H10FNO2/c1-5-3-7(11-9(12)13)4-6(2)8(5)10/h3-4,11H,1-2H3,(H,12,13). The Bertz CT molecular complexity index is 326. The summed E-state index contributed by atoms with van der Waals surface area (Å²) in [5, 5.41) is 10.6. The van der Waals surface area contributed by atoms with E-state index in [1.165, 1.54) is 12.1 Å². The highest BCUT2D eigenvalue weighted by molar-refractivity contribution is 5.83. The summed E-state index contributed by atoms with van der Waals surface area (Å²) >= 11 is 0. The number of nitrogens with one attached hydrogen (secondary N) is 1. The van der Waals surface area contributed by atoms with Crippen LogP contribution < -0.4 is 5.32 Å². The molecule has 0 unspecified atom stereocenters. The molecule has 4 heteroatoms. The van der Waals surface area contributed by atoms with Crippen LogP contribution >= 0.6 is 0 Å². The lowest BCUT2D eigenvalue weighted by molar-refractivity contribution is 0.209. The molecular formula is C9H10FNO2. The van der Waals surface area contributed by atoms with Crippen molar-refractivity contribution in [2.45, 2.75) is 13.8 Å². The summed E-state index contributed by atoms with van der Waals surface area (Å²) in [6, 6.07) is 2.91. The maximum Gasteiger partial charge on any atom is 0.409 e. The molecule has 0 saturated carbocycles. The second kappa shape index (κ2) is 3.43. The van der Waals surface area contributed by atoms with E-state index in [-0.39, 0.29) is 5.82 Å². The van der Waals surface area contributed by atoms with E-state index in [0.717, 1.165) is 0 Å². The minimum absolute atomic E-state index is 0.295. The third-order valence-corrected chi connectivity index (χ3v) is 1.69. The fraction of sp³-hybridized carbons (Fsp3) is 0.222. The van der Waals surface area contributed by atoms with Crippen molar-refractivity contribution in [1.29, 1.82) is 0 Å². The predicted octanol–water partition coefficient (Wildman–Crippen LogP) is 2.53.